The zero-order valence-corrected chi connectivity index (χ0v) is 19.5. The Morgan fingerprint density at radius 1 is 1.06 bits per heavy atom. The number of ether oxygens (including phenoxy) is 1. The van der Waals surface area contributed by atoms with Crippen molar-refractivity contribution in [1.82, 2.24) is 20.1 Å². The van der Waals surface area contributed by atoms with Gasteiger partial charge < -0.3 is 15.0 Å². The molecule has 0 spiro atoms. The van der Waals surface area contributed by atoms with Crippen molar-refractivity contribution in [2.24, 2.45) is 5.92 Å². The molecule has 8 heteroatoms. The third-order valence-electron chi connectivity index (χ3n) is 6.52. The predicted octanol–water partition coefficient (Wildman–Crippen LogP) is 3.13. The van der Waals surface area contributed by atoms with Crippen LogP contribution < -0.4 is 10.1 Å². The molecule has 1 atom stereocenters. The van der Waals surface area contributed by atoms with Crippen molar-refractivity contribution in [3.8, 4) is 5.75 Å². The van der Waals surface area contributed by atoms with Gasteiger partial charge >= 0.3 is 0 Å². The number of rotatable bonds is 8. The number of aromatic nitrogens is 1. The van der Waals surface area contributed by atoms with Crippen LogP contribution in [0.15, 0.2) is 48.7 Å². The van der Waals surface area contributed by atoms with Crippen molar-refractivity contribution in [2.45, 2.75) is 38.3 Å². The van der Waals surface area contributed by atoms with Crippen molar-refractivity contribution >= 4 is 23.4 Å². The third kappa shape index (κ3) is 6.45. The number of nitrogens with one attached hydrogen (secondary N) is 1. The van der Waals surface area contributed by atoms with Crippen LogP contribution >= 0.6 is 11.6 Å². The second-order valence-electron chi connectivity index (χ2n) is 8.69. The molecule has 1 aliphatic carbocycles. The van der Waals surface area contributed by atoms with E-state index in [-0.39, 0.29) is 24.5 Å². The number of pyridine rings is 1. The van der Waals surface area contributed by atoms with Crippen molar-refractivity contribution in [2.75, 3.05) is 32.8 Å². The third-order valence-corrected chi connectivity index (χ3v) is 6.77. The Labute approximate surface area is 200 Å². The lowest BCUT2D eigenvalue weighted by atomic mass is 9.95. The second kappa shape index (κ2) is 11.5. The van der Waals surface area contributed by atoms with Crippen molar-refractivity contribution < 1.29 is 14.3 Å². The first-order chi connectivity index (χ1) is 16.1. The van der Waals surface area contributed by atoms with Gasteiger partial charge in [0.05, 0.1) is 18.3 Å². The van der Waals surface area contributed by atoms with Crippen LogP contribution in [0.3, 0.4) is 0 Å². The van der Waals surface area contributed by atoms with Gasteiger partial charge in [-0.3, -0.25) is 19.5 Å². The molecule has 2 aromatic rings. The molecule has 2 aliphatic rings. The SMILES string of the molecule is O=C(NCc1ccccn1)[C@@H](C1CCCC1)N1CCN(C(=O)COc2ccc(Cl)cc2)CC1. The van der Waals surface area contributed by atoms with Gasteiger partial charge in [-0.05, 0) is 55.2 Å². The second-order valence-corrected chi connectivity index (χ2v) is 9.12. The summed E-state index contributed by atoms with van der Waals surface area (Å²) in [7, 11) is 0. The molecule has 1 aliphatic heterocycles. The van der Waals surface area contributed by atoms with Gasteiger partial charge in [-0.1, -0.05) is 30.5 Å². The smallest absolute Gasteiger partial charge is 0.260 e. The van der Waals surface area contributed by atoms with Crippen LogP contribution in [0.4, 0.5) is 0 Å². The fraction of sp³-hybridized carbons (Fsp3) is 0.480. The lowest BCUT2D eigenvalue weighted by Gasteiger charge is -2.40. The average molecular weight is 471 g/mol. The summed E-state index contributed by atoms with van der Waals surface area (Å²) in [6.45, 7) is 3.00. The van der Waals surface area contributed by atoms with E-state index in [1.165, 1.54) is 12.8 Å². The molecule has 0 unspecified atom stereocenters. The summed E-state index contributed by atoms with van der Waals surface area (Å²) in [5, 5.41) is 3.73. The molecule has 1 saturated heterocycles. The lowest BCUT2D eigenvalue weighted by molar-refractivity contribution is -0.137. The number of nitrogens with zero attached hydrogens (tertiary/aromatic N) is 3. The molecule has 0 radical (unpaired) electrons. The Hall–Kier alpha value is -2.64. The summed E-state index contributed by atoms with van der Waals surface area (Å²) in [4.78, 5) is 34.2. The van der Waals surface area contributed by atoms with Gasteiger partial charge in [0.25, 0.3) is 5.91 Å². The Balaban J connectivity index is 1.30. The van der Waals surface area contributed by atoms with Gasteiger partial charge in [-0.25, -0.2) is 0 Å². The molecule has 1 aromatic carbocycles. The van der Waals surface area contributed by atoms with Crippen LogP contribution in [-0.4, -0.2) is 65.4 Å². The average Bonchev–Trinajstić information content (AvgIpc) is 3.38. The van der Waals surface area contributed by atoms with E-state index in [9.17, 15) is 9.59 Å². The highest BCUT2D eigenvalue weighted by molar-refractivity contribution is 6.30. The molecule has 2 fully saturated rings. The minimum absolute atomic E-state index is 0.00174. The van der Waals surface area contributed by atoms with Crippen LogP contribution in [0.25, 0.3) is 0 Å². The largest absolute Gasteiger partial charge is 0.484 e. The lowest BCUT2D eigenvalue weighted by Crippen LogP contribution is -2.58. The first-order valence-corrected chi connectivity index (χ1v) is 12.1. The van der Waals surface area contributed by atoms with Gasteiger partial charge in [-0.15, -0.1) is 0 Å². The number of hydrogen-bond donors (Lipinski definition) is 1. The molecule has 176 valence electrons. The molecule has 1 N–H and O–H groups in total. The normalized spacial score (nSPS) is 18.2. The Kier molecular flexibility index (Phi) is 8.18. The zero-order chi connectivity index (χ0) is 23.0. The fourth-order valence-corrected chi connectivity index (χ4v) is 4.88. The van der Waals surface area contributed by atoms with Gasteiger partial charge in [-0.2, -0.15) is 0 Å². The first kappa shape index (κ1) is 23.5. The number of carbonyl (C=O) groups is 2. The Bertz CT molecular complexity index is 911. The van der Waals surface area contributed by atoms with E-state index in [2.05, 4.69) is 15.2 Å². The van der Waals surface area contributed by atoms with Crippen LogP contribution in [-0.2, 0) is 16.1 Å². The molecule has 0 bridgehead atoms. The molecule has 2 heterocycles. The van der Waals surface area contributed by atoms with Gasteiger partial charge in [0.2, 0.25) is 5.91 Å². The molecule has 33 heavy (non-hydrogen) atoms. The number of carbonyl (C=O) groups excluding carboxylic acids is 2. The Morgan fingerprint density at radius 2 is 1.79 bits per heavy atom. The van der Waals surface area contributed by atoms with Crippen molar-refractivity contribution in [3.63, 3.8) is 0 Å². The molecular weight excluding hydrogens is 440 g/mol. The zero-order valence-electron chi connectivity index (χ0n) is 18.8. The number of benzene rings is 1. The molecule has 7 nitrogen and oxygen atoms in total. The summed E-state index contributed by atoms with van der Waals surface area (Å²) in [5.74, 6) is 1.02. The van der Waals surface area contributed by atoms with Gasteiger partial charge in [0, 0.05) is 37.4 Å². The van der Waals surface area contributed by atoms with E-state index < -0.39 is 0 Å². The van der Waals surface area contributed by atoms with E-state index >= 15 is 0 Å². The molecule has 4 rings (SSSR count). The minimum atomic E-state index is -0.154. The van der Waals surface area contributed by atoms with Crippen LogP contribution in [0, 0.1) is 5.92 Å². The highest BCUT2D eigenvalue weighted by Gasteiger charge is 2.37. The maximum atomic E-state index is 13.2. The summed E-state index contributed by atoms with van der Waals surface area (Å²) < 4.78 is 5.61. The van der Waals surface area contributed by atoms with Crippen LogP contribution in [0.1, 0.15) is 31.4 Å². The number of amides is 2. The highest BCUT2D eigenvalue weighted by atomic mass is 35.5. The Morgan fingerprint density at radius 3 is 2.45 bits per heavy atom. The van der Waals surface area contributed by atoms with E-state index in [1.54, 1.807) is 30.5 Å². The van der Waals surface area contributed by atoms with Crippen molar-refractivity contribution in [3.05, 3.63) is 59.4 Å². The molecule has 1 saturated carbocycles. The molecule has 2 amide bonds. The topological polar surface area (TPSA) is 74.8 Å². The van der Waals surface area contributed by atoms with Crippen LogP contribution in [0.2, 0.25) is 5.02 Å². The van der Waals surface area contributed by atoms with Gasteiger partial charge in [0.15, 0.2) is 6.61 Å². The van der Waals surface area contributed by atoms with E-state index in [0.29, 0.717) is 49.4 Å². The highest BCUT2D eigenvalue weighted by Crippen LogP contribution is 2.31. The standard InChI is InChI=1S/C25H31ClN4O3/c26-20-8-10-22(11-9-20)33-18-23(31)29-13-15-30(16-14-29)24(19-5-1-2-6-19)25(32)28-17-21-7-3-4-12-27-21/h3-4,7-12,19,24H,1-2,5-6,13-18H2,(H,28,32)/t24-/m1/s1. The first-order valence-electron chi connectivity index (χ1n) is 11.7. The van der Waals surface area contributed by atoms with E-state index in [0.717, 1.165) is 18.5 Å². The summed E-state index contributed by atoms with van der Waals surface area (Å²) in [5.41, 5.74) is 0.854. The fourth-order valence-electron chi connectivity index (χ4n) is 4.75. The summed E-state index contributed by atoms with van der Waals surface area (Å²) in [6, 6.07) is 12.5. The maximum Gasteiger partial charge on any atom is 0.260 e. The predicted molar refractivity (Wildman–Crippen MR) is 127 cm³/mol. The van der Waals surface area contributed by atoms with E-state index in [1.807, 2.05) is 23.1 Å². The van der Waals surface area contributed by atoms with Crippen LogP contribution in [0.5, 0.6) is 5.75 Å². The number of halogens is 1. The van der Waals surface area contributed by atoms with E-state index in [4.69, 9.17) is 16.3 Å². The summed E-state index contributed by atoms with van der Waals surface area (Å²) >= 11 is 5.89. The quantitative estimate of drug-likeness (QED) is 0.641. The number of piperazine rings is 1. The minimum Gasteiger partial charge on any atom is -0.484 e. The maximum absolute atomic E-state index is 13.2. The number of hydrogen-bond acceptors (Lipinski definition) is 5. The molecule has 1 aromatic heterocycles. The van der Waals surface area contributed by atoms with Crippen molar-refractivity contribution in [1.29, 1.82) is 0 Å². The summed E-state index contributed by atoms with van der Waals surface area (Å²) in [6.07, 6.45) is 6.25. The van der Waals surface area contributed by atoms with Gasteiger partial charge in [0.1, 0.15) is 5.75 Å². The molecular formula is C25H31ClN4O3. The monoisotopic (exact) mass is 470 g/mol.